The first kappa shape index (κ1) is 14.1. The van der Waals surface area contributed by atoms with Crippen molar-refractivity contribution in [2.45, 2.75) is 19.3 Å². The fraction of sp³-hybridized carbons (Fsp3) is 0.474. The molecule has 0 radical (unpaired) electrons. The van der Waals surface area contributed by atoms with Crippen LogP contribution in [0.1, 0.15) is 24.8 Å². The highest BCUT2D eigenvalue weighted by Crippen LogP contribution is 2.60. The minimum Gasteiger partial charge on any atom is -0.507 e. The molecule has 1 saturated heterocycles. The third-order valence-corrected chi connectivity index (χ3v) is 6.49. The molecule has 4 aliphatic rings. The lowest BCUT2D eigenvalue weighted by Crippen LogP contribution is -2.52. The molecule has 126 valence electrons. The molecule has 0 bridgehead atoms. The Morgan fingerprint density at radius 1 is 1.08 bits per heavy atom. The topological polar surface area (TPSA) is 73.5 Å². The molecular weight excluding hydrogens is 300 g/mol. The van der Waals surface area contributed by atoms with E-state index < -0.39 is 0 Å². The first-order valence-corrected chi connectivity index (χ1v) is 8.97. The highest BCUT2D eigenvalue weighted by molar-refractivity contribution is 5.71. The van der Waals surface area contributed by atoms with Crippen LogP contribution in [-0.4, -0.2) is 23.1 Å². The van der Waals surface area contributed by atoms with Gasteiger partial charge in [-0.25, -0.2) is 0 Å². The van der Waals surface area contributed by atoms with E-state index >= 15 is 0 Å². The molecule has 0 aromatic heterocycles. The molecule has 5 rings (SSSR count). The van der Waals surface area contributed by atoms with Crippen LogP contribution in [0, 0.1) is 23.7 Å². The fourth-order valence-corrected chi connectivity index (χ4v) is 5.24. The number of phenolic OH excluding ortho intramolecular Hbond substituents is 1. The summed E-state index contributed by atoms with van der Waals surface area (Å²) in [5.74, 6) is 4.72. The lowest BCUT2D eigenvalue weighted by atomic mass is 9.48. The van der Waals surface area contributed by atoms with E-state index in [9.17, 15) is 5.11 Å². The lowest BCUT2D eigenvalue weighted by molar-refractivity contribution is -0.0822. The number of hydrogen-bond donors (Lipinski definition) is 4. The van der Waals surface area contributed by atoms with Gasteiger partial charge in [0.05, 0.1) is 11.4 Å². The normalized spacial score (nSPS) is 34.0. The number of hydrazine groups is 1. The summed E-state index contributed by atoms with van der Waals surface area (Å²) in [6, 6.07) is 7.38. The van der Waals surface area contributed by atoms with E-state index in [-0.39, 0.29) is 5.75 Å². The van der Waals surface area contributed by atoms with Crippen molar-refractivity contribution >= 4 is 5.70 Å². The molecule has 0 amide bonds. The minimum atomic E-state index is 0.272. The minimum absolute atomic E-state index is 0.272. The number of nitrogens with zero attached hydrogens (tertiary/aromatic N) is 1. The zero-order valence-electron chi connectivity index (χ0n) is 13.7. The van der Waals surface area contributed by atoms with Gasteiger partial charge in [0.1, 0.15) is 11.6 Å². The van der Waals surface area contributed by atoms with Gasteiger partial charge in [0.2, 0.25) is 0 Å². The third kappa shape index (κ3) is 2.00. The SMILES string of the molecule is NC1=C(N2CCC3CC4CC(C2)C34)C=C(c2ccccc2O)NN1. The van der Waals surface area contributed by atoms with Crippen molar-refractivity contribution in [1.82, 2.24) is 15.8 Å². The quantitative estimate of drug-likeness (QED) is 0.669. The summed E-state index contributed by atoms with van der Waals surface area (Å²) in [7, 11) is 0. The van der Waals surface area contributed by atoms with Crippen LogP contribution in [0.2, 0.25) is 0 Å². The second kappa shape index (κ2) is 5.10. The smallest absolute Gasteiger partial charge is 0.139 e. The molecule has 5 N–H and O–H groups in total. The van der Waals surface area contributed by atoms with Crippen molar-refractivity contribution in [3.05, 3.63) is 47.4 Å². The average molecular weight is 324 g/mol. The molecule has 1 aromatic rings. The van der Waals surface area contributed by atoms with Crippen LogP contribution in [0.15, 0.2) is 41.9 Å². The van der Waals surface area contributed by atoms with E-state index in [2.05, 4.69) is 21.8 Å². The number of nitrogens with two attached hydrogens (primary N) is 1. The Morgan fingerprint density at radius 3 is 2.75 bits per heavy atom. The number of allylic oxidation sites excluding steroid dienone is 1. The standard InChI is InChI=1S/C19H24N4O/c20-19-16(9-15(21-22-19)14-3-1-2-4-17(14)24)23-6-5-11-7-12-8-13(10-23)18(11)12/h1-4,9,11-13,18,21-22,24H,5-8,10,20H2. The molecule has 2 aliphatic carbocycles. The number of hydrogen-bond acceptors (Lipinski definition) is 5. The number of nitrogens with one attached hydrogen (secondary N) is 2. The zero-order valence-corrected chi connectivity index (χ0v) is 13.7. The van der Waals surface area contributed by atoms with E-state index in [1.165, 1.54) is 19.3 Å². The second-order valence-electron chi connectivity index (χ2n) is 7.69. The molecule has 3 fully saturated rings. The van der Waals surface area contributed by atoms with Crippen molar-refractivity contribution < 1.29 is 5.11 Å². The summed E-state index contributed by atoms with van der Waals surface area (Å²) in [5, 5.41) is 10.1. The molecule has 2 aliphatic heterocycles. The molecule has 1 aromatic carbocycles. The fourth-order valence-electron chi connectivity index (χ4n) is 5.24. The molecule has 5 nitrogen and oxygen atoms in total. The van der Waals surface area contributed by atoms with Gasteiger partial charge in [0.15, 0.2) is 0 Å². The van der Waals surface area contributed by atoms with Gasteiger partial charge in [-0.1, -0.05) is 12.1 Å². The Labute approximate surface area is 142 Å². The van der Waals surface area contributed by atoms with Crippen molar-refractivity contribution in [2.24, 2.45) is 29.4 Å². The Morgan fingerprint density at radius 2 is 1.92 bits per heavy atom. The van der Waals surface area contributed by atoms with Crippen LogP contribution in [0.5, 0.6) is 5.75 Å². The molecule has 0 spiro atoms. The lowest BCUT2D eigenvalue weighted by Gasteiger charge is -2.57. The van der Waals surface area contributed by atoms with Gasteiger partial charge >= 0.3 is 0 Å². The van der Waals surface area contributed by atoms with Gasteiger partial charge in [0, 0.05) is 18.7 Å². The first-order chi connectivity index (χ1) is 11.7. The molecule has 24 heavy (non-hydrogen) atoms. The van der Waals surface area contributed by atoms with Crippen molar-refractivity contribution in [3.63, 3.8) is 0 Å². The number of likely N-dealkylation sites (tertiary alicyclic amines) is 1. The predicted molar refractivity (Wildman–Crippen MR) is 93.0 cm³/mol. The largest absolute Gasteiger partial charge is 0.507 e. The molecule has 4 unspecified atom stereocenters. The number of rotatable bonds is 2. The summed E-state index contributed by atoms with van der Waals surface area (Å²) in [6.45, 7) is 2.19. The summed E-state index contributed by atoms with van der Waals surface area (Å²) in [5.41, 5.74) is 15.1. The number of para-hydroxylation sites is 1. The van der Waals surface area contributed by atoms with E-state index in [1.54, 1.807) is 6.07 Å². The summed E-state index contributed by atoms with van der Waals surface area (Å²) >= 11 is 0. The monoisotopic (exact) mass is 324 g/mol. The Kier molecular flexibility index (Phi) is 2.99. The van der Waals surface area contributed by atoms with Crippen molar-refractivity contribution in [2.75, 3.05) is 13.1 Å². The predicted octanol–water partition coefficient (Wildman–Crippen LogP) is 1.95. The zero-order chi connectivity index (χ0) is 16.3. The van der Waals surface area contributed by atoms with Crippen LogP contribution in [0.25, 0.3) is 5.70 Å². The Balaban J connectivity index is 1.44. The molecular formula is C19H24N4O. The highest BCUT2D eigenvalue weighted by atomic mass is 16.3. The molecule has 5 heteroatoms. The summed E-state index contributed by atoms with van der Waals surface area (Å²) in [6.07, 6.45) is 6.20. The van der Waals surface area contributed by atoms with Crippen molar-refractivity contribution in [1.29, 1.82) is 0 Å². The maximum atomic E-state index is 10.1. The van der Waals surface area contributed by atoms with Crippen LogP contribution in [0.3, 0.4) is 0 Å². The van der Waals surface area contributed by atoms with Gasteiger partial charge in [-0.05, 0) is 61.1 Å². The van der Waals surface area contributed by atoms with Crippen LogP contribution < -0.4 is 16.6 Å². The van der Waals surface area contributed by atoms with Crippen LogP contribution in [0.4, 0.5) is 0 Å². The third-order valence-electron chi connectivity index (χ3n) is 6.49. The van der Waals surface area contributed by atoms with E-state index in [4.69, 9.17) is 5.73 Å². The van der Waals surface area contributed by atoms with Crippen LogP contribution in [-0.2, 0) is 0 Å². The van der Waals surface area contributed by atoms with Crippen molar-refractivity contribution in [3.8, 4) is 5.75 Å². The number of benzene rings is 1. The second-order valence-corrected chi connectivity index (χ2v) is 7.69. The van der Waals surface area contributed by atoms with E-state index in [1.807, 2.05) is 18.2 Å². The molecule has 2 heterocycles. The van der Waals surface area contributed by atoms with Gasteiger partial charge in [-0.3, -0.25) is 10.9 Å². The summed E-state index contributed by atoms with van der Waals surface area (Å²) in [4.78, 5) is 2.45. The van der Waals surface area contributed by atoms with Gasteiger partial charge in [-0.15, -0.1) is 0 Å². The Bertz CT molecular complexity index is 741. The van der Waals surface area contributed by atoms with Crippen LogP contribution >= 0.6 is 0 Å². The van der Waals surface area contributed by atoms with Gasteiger partial charge < -0.3 is 15.7 Å². The highest BCUT2D eigenvalue weighted by Gasteiger charge is 2.54. The molecule has 2 saturated carbocycles. The number of aromatic hydroxyl groups is 1. The van der Waals surface area contributed by atoms with E-state index in [0.717, 1.165) is 53.7 Å². The summed E-state index contributed by atoms with van der Waals surface area (Å²) < 4.78 is 0. The molecule has 4 atom stereocenters. The van der Waals surface area contributed by atoms with Gasteiger partial charge in [0.25, 0.3) is 0 Å². The average Bonchev–Trinajstić information content (AvgIpc) is 2.63. The maximum Gasteiger partial charge on any atom is 0.139 e. The van der Waals surface area contributed by atoms with Gasteiger partial charge in [-0.2, -0.15) is 0 Å². The Hall–Kier alpha value is -2.30. The first-order valence-electron chi connectivity index (χ1n) is 8.97. The maximum absolute atomic E-state index is 10.1. The van der Waals surface area contributed by atoms with E-state index in [0.29, 0.717) is 5.82 Å². The number of phenols is 1.